The van der Waals surface area contributed by atoms with E-state index in [0.717, 1.165) is 37.4 Å². The van der Waals surface area contributed by atoms with E-state index in [1.54, 1.807) is 0 Å². The zero-order chi connectivity index (χ0) is 21.0. The number of hydrogen-bond acceptors (Lipinski definition) is 4. The van der Waals surface area contributed by atoms with Gasteiger partial charge in [0.1, 0.15) is 0 Å². The fraction of sp³-hybridized carbons (Fsp3) is 0.458. The molecule has 4 rings (SSSR count). The number of carbonyl (C=O) groups excluding carboxylic acids is 1. The van der Waals surface area contributed by atoms with E-state index in [9.17, 15) is 4.79 Å². The van der Waals surface area contributed by atoms with E-state index in [2.05, 4.69) is 29.2 Å². The summed E-state index contributed by atoms with van der Waals surface area (Å²) in [7, 11) is 1.89. The van der Waals surface area contributed by atoms with E-state index < -0.39 is 5.41 Å². The van der Waals surface area contributed by atoms with Crippen LogP contribution in [0.3, 0.4) is 0 Å². The van der Waals surface area contributed by atoms with E-state index >= 15 is 0 Å². The topological polar surface area (TPSA) is 42.0 Å². The molecule has 0 radical (unpaired) electrons. The summed E-state index contributed by atoms with van der Waals surface area (Å²) >= 11 is 6.08. The Morgan fingerprint density at radius 2 is 1.57 bits per heavy atom. The SMILES string of the molecule is CN(Cc1ccc(N2CCOCC2)cc1)C(=O)C1(c2ccc(Cl)cc2)CCOCC1. The first kappa shape index (κ1) is 21.2. The summed E-state index contributed by atoms with van der Waals surface area (Å²) in [5.41, 5.74) is 2.81. The molecule has 6 heteroatoms. The minimum Gasteiger partial charge on any atom is -0.381 e. The summed E-state index contributed by atoms with van der Waals surface area (Å²) in [6.07, 6.45) is 1.38. The maximum atomic E-state index is 13.6. The molecule has 0 bridgehead atoms. The number of benzene rings is 2. The van der Waals surface area contributed by atoms with Crippen LogP contribution in [0.25, 0.3) is 0 Å². The van der Waals surface area contributed by atoms with Crippen molar-refractivity contribution in [1.82, 2.24) is 4.90 Å². The van der Waals surface area contributed by atoms with Crippen molar-refractivity contribution in [2.45, 2.75) is 24.8 Å². The third-order valence-electron chi connectivity index (χ3n) is 6.23. The molecule has 0 N–H and O–H groups in total. The van der Waals surface area contributed by atoms with Crippen LogP contribution in [-0.4, -0.2) is 57.4 Å². The van der Waals surface area contributed by atoms with Crippen LogP contribution >= 0.6 is 11.6 Å². The van der Waals surface area contributed by atoms with Crippen LogP contribution in [0.5, 0.6) is 0 Å². The van der Waals surface area contributed by atoms with E-state index in [0.29, 0.717) is 37.6 Å². The summed E-state index contributed by atoms with van der Waals surface area (Å²) in [5, 5.41) is 0.683. The number of ether oxygens (including phenoxy) is 2. The number of carbonyl (C=O) groups is 1. The van der Waals surface area contributed by atoms with Crippen LogP contribution in [0, 0.1) is 0 Å². The predicted octanol–water partition coefficient (Wildman–Crippen LogP) is 3.88. The highest BCUT2D eigenvalue weighted by Crippen LogP contribution is 2.37. The van der Waals surface area contributed by atoms with Crippen LogP contribution in [0.4, 0.5) is 5.69 Å². The van der Waals surface area contributed by atoms with Crippen molar-refractivity contribution in [2.24, 2.45) is 0 Å². The summed E-state index contributed by atoms with van der Waals surface area (Å²) in [5.74, 6) is 0.144. The van der Waals surface area contributed by atoms with E-state index in [4.69, 9.17) is 21.1 Å². The largest absolute Gasteiger partial charge is 0.381 e. The van der Waals surface area contributed by atoms with Crippen molar-refractivity contribution in [3.63, 3.8) is 0 Å². The number of hydrogen-bond donors (Lipinski definition) is 0. The number of morpholine rings is 1. The average Bonchev–Trinajstić information content (AvgIpc) is 2.80. The van der Waals surface area contributed by atoms with Gasteiger partial charge < -0.3 is 19.3 Å². The molecule has 0 aromatic heterocycles. The number of halogens is 1. The predicted molar refractivity (Wildman–Crippen MR) is 119 cm³/mol. The highest BCUT2D eigenvalue weighted by Gasteiger charge is 2.43. The van der Waals surface area contributed by atoms with Gasteiger partial charge in [-0.2, -0.15) is 0 Å². The highest BCUT2D eigenvalue weighted by atomic mass is 35.5. The van der Waals surface area contributed by atoms with Crippen LogP contribution in [0.1, 0.15) is 24.0 Å². The first-order chi connectivity index (χ1) is 14.6. The summed E-state index contributed by atoms with van der Waals surface area (Å²) in [6, 6.07) is 16.2. The number of anilines is 1. The van der Waals surface area contributed by atoms with Crippen LogP contribution in [0.15, 0.2) is 48.5 Å². The number of likely N-dealkylation sites (N-methyl/N-ethyl adjacent to an activating group) is 1. The Bertz CT molecular complexity index is 842. The lowest BCUT2D eigenvalue weighted by Crippen LogP contribution is -2.48. The van der Waals surface area contributed by atoms with Crippen molar-refractivity contribution in [1.29, 1.82) is 0 Å². The highest BCUT2D eigenvalue weighted by molar-refractivity contribution is 6.30. The maximum absolute atomic E-state index is 13.6. The van der Waals surface area contributed by atoms with Gasteiger partial charge in [-0.1, -0.05) is 35.9 Å². The molecule has 2 aromatic rings. The van der Waals surface area contributed by atoms with Crippen LogP contribution < -0.4 is 4.90 Å². The van der Waals surface area contributed by atoms with Gasteiger partial charge >= 0.3 is 0 Å². The Kier molecular flexibility index (Phi) is 6.61. The molecular weight excluding hydrogens is 400 g/mol. The summed E-state index contributed by atoms with van der Waals surface area (Å²) < 4.78 is 11.0. The van der Waals surface area contributed by atoms with Crippen molar-refractivity contribution >= 4 is 23.2 Å². The monoisotopic (exact) mass is 428 g/mol. The Labute approximate surface area is 183 Å². The van der Waals surface area contributed by atoms with E-state index in [1.165, 1.54) is 5.69 Å². The molecule has 0 atom stereocenters. The molecule has 2 fully saturated rings. The second-order valence-electron chi connectivity index (χ2n) is 8.13. The van der Waals surface area contributed by atoms with Gasteiger partial charge in [0.05, 0.1) is 18.6 Å². The first-order valence-corrected chi connectivity index (χ1v) is 11.0. The van der Waals surface area contributed by atoms with Crippen LogP contribution in [0.2, 0.25) is 5.02 Å². The normalized spacial score (nSPS) is 18.8. The molecule has 0 unspecified atom stereocenters. The van der Waals surface area contributed by atoms with Gasteiger partial charge in [0.15, 0.2) is 0 Å². The third kappa shape index (κ3) is 4.48. The Hall–Kier alpha value is -2.08. The molecule has 2 aliphatic rings. The minimum atomic E-state index is -0.550. The molecule has 160 valence electrons. The van der Waals surface area contributed by atoms with Crippen molar-refractivity contribution in [2.75, 3.05) is 51.5 Å². The quantitative estimate of drug-likeness (QED) is 0.724. The van der Waals surface area contributed by atoms with Crippen molar-refractivity contribution < 1.29 is 14.3 Å². The fourth-order valence-electron chi connectivity index (χ4n) is 4.46. The lowest BCUT2D eigenvalue weighted by atomic mass is 9.73. The second kappa shape index (κ2) is 9.38. The zero-order valence-electron chi connectivity index (χ0n) is 17.5. The maximum Gasteiger partial charge on any atom is 0.233 e. The summed E-state index contributed by atoms with van der Waals surface area (Å²) in [6.45, 7) is 5.16. The van der Waals surface area contributed by atoms with E-state index in [-0.39, 0.29) is 5.91 Å². The molecule has 30 heavy (non-hydrogen) atoms. The fourth-order valence-corrected chi connectivity index (χ4v) is 4.59. The van der Waals surface area contributed by atoms with Gasteiger partial charge in [-0.05, 0) is 48.2 Å². The van der Waals surface area contributed by atoms with Crippen molar-refractivity contribution in [3.05, 3.63) is 64.7 Å². The molecule has 2 aromatic carbocycles. The second-order valence-corrected chi connectivity index (χ2v) is 8.56. The lowest BCUT2D eigenvalue weighted by Gasteiger charge is -2.39. The third-order valence-corrected chi connectivity index (χ3v) is 6.48. The molecule has 1 amide bonds. The molecule has 2 aliphatic heterocycles. The number of nitrogens with zero attached hydrogens (tertiary/aromatic N) is 2. The Morgan fingerprint density at radius 1 is 0.967 bits per heavy atom. The lowest BCUT2D eigenvalue weighted by molar-refractivity contribution is -0.140. The standard InChI is InChI=1S/C24H29ClN2O3/c1-26(18-19-2-8-22(9-3-19)27-12-16-30-17-13-27)23(28)24(10-14-29-15-11-24)20-4-6-21(25)7-5-20/h2-9H,10-18H2,1H3. The molecule has 2 saturated heterocycles. The Balaban J connectivity index is 1.49. The Morgan fingerprint density at radius 3 is 2.20 bits per heavy atom. The molecule has 0 aliphatic carbocycles. The van der Waals surface area contributed by atoms with Crippen LogP contribution in [-0.2, 0) is 26.2 Å². The van der Waals surface area contributed by atoms with Gasteiger partial charge in [-0.3, -0.25) is 4.79 Å². The first-order valence-electron chi connectivity index (χ1n) is 10.6. The summed E-state index contributed by atoms with van der Waals surface area (Å²) in [4.78, 5) is 17.8. The van der Waals surface area contributed by atoms with Gasteiger partial charge in [-0.15, -0.1) is 0 Å². The minimum absolute atomic E-state index is 0.144. The van der Waals surface area contributed by atoms with Gasteiger partial charge in [0, 0.05) is 50.6 Å². The number of amides is 1. The smallest absolute Gasteiger partial charge is 0.233 e. The van der Waals surface area contributed by atoms with Gasteiger partial charge in [-0.25, -0.2) is 0 Å². The average molecular weight is 429 g/mol. The molecule has 0 spiro atoms. The molecule has 2 heterocycles. The van der Waals surface area contributed by atoms with Gasteiger partial charge in [0.2, 0.25) is 5.91 Å². The number of rotatable bonds is 5. The van der Waals surface area contributed by atoms with Gasteiger partial charge in [0.25, 0.3) is 0 Å². The molecule has 0 saturated carbocycles. The molecular formula is C24H29ClN2O3. The molecule has 5 nitrogen and oxygen atoms in total. The van der Waals surface area contributed by atoms with E-state index in [1.807, 2.05) is 36.2 Å². The zero-order valence-corrected chi connectivity index (χ0v) is 18.2. The van der Waals surface area contributed by atoms with Crippen molar-refractivity contribution in [3.8, 4) is 0 Å².